The Bertz CT molecular complexity index is 461. The zero-order valence-corrected chi connectivity index (χ0v) is 12.1. The molecule has 1 fully saturated rings. The molecule has 0 atom stereocenters. The van der Waals surface area contributed by atoms with Gasteiger partial charge >= 0.3 is 5.97 Å². The molecule has 1 aliphatic rings. The first-order valence-electron chi connectivity index (χ1n) is 6.58. The first kappa shape index (κ1) is 14.1. The smallest absolute Gasteiger partial charge is 0.340 e. The maximum Gasteiger partial charge on any atom is 0.340 e. The van der Waals surface area contributed by atoms with Gasteiger partial charge in [-0.1, -0.05) is 6.92 Å². The van der Waals surface area contributed by atoms with Crippen molar-refractivity contribution in [2.45, 2.75) is 32.6 Å². The SMILES string of the molecule is COC(=O)c1ccsc1NC(=O)C1CCC(C)CC1. The Morgan fingerprint density at radius 2 is 2.00 bits per heavy atom. The number of hydrogen-bond acceptors (Lipinski definition) is 4. The fraction of sp³-hybridized carbons (Fsp3) is 0.571. The molecule has 1 N–H and O–H groups in total. The standard InChI is InChI=1S/C14H19NO3S/c1-9-3-5-10(6-4-9)12(16)15-13-11(7-8-19-13)14(17)18-2/h7-10H,3-6H2,1-2H3,(H,15,16). The van der Waals surface area contributed by atoms with Crippen LogP contribution in [0.1, 0.15) is 43.0 Å². The van der Waals surface area contributed by atoms with Crippen LogP contribution >= 0.6 is 11.3 Å². The summed E-state index contributed by atoms with van der Waals surface area (Å²) in [7, 11) is 1.34. The van der Waals surface area contributed by atoms with Crippen LogP contribution in [0.2, 0.25) is 0 Å². The number of amides is 1. The van der Waals surface area contributed by atoms with Crippen molar-refractivity contribution in [3.05, 3.63) is 17.0 Å². The second kappa shape index (κ2) is 6.19. The number of hydrogen-bond donors (Lipinski definition) is 1. The predicted molar refractivity (Wildman–Crippen MR) is 75.4 cm³/mol. The minimum atomic E-state index is -0.409. The van der Waals surface area contributed by atoms with Crippen LogP contribution in [-0.4, -0.2) is 19.0 Å². The number of methoxy groups -OCH3 is 1. The largest absolute Gasteiger partial charge is 0.465 e. The number of anilines is 1. The van der Waals surface area contributed by atoms with Crippen LogP contribution in [0, 0.1) is 11.8 Å². The molecule has 1 amide bonds. The zero-order chi connectivity index (χ0) is 13.8. The molecule has 0 bridgehead atoms. The van der Waals surface area contributed by atoms with Crippen molar-refractivity contribution in [1.82, 2.24) is 0 Å². The van der Waals surface area contributed by atoms with Crippen LogP contribution in [0.15, 0.2) is 11.4 Å². The van der Waals surface area contributed by atoms with Crippen molar-refractivity contribution in [3.63, 3.8) is 0 Å². The van der Waals surface area contributed by atoms with Crippen molar-refractivity contribution < 1.29 is 14.3 Å². The predicted octanol–water partition coefficient (Wildman–Crippen LogP) is 3.30. The minimum Gasteiger partial charge on any atom is -0.465 e. The molecule has 0 radical (unpaired) electrons. The van der Waals surface area contributed by atoms with Crippen molar-refractivity contribution in [3.8, 4) is 0 Å². The van der Waals surface area contributed by atoms with E-state index < -0.39 is 5.97 Å². The van der Waals surface area contributed by atoms with Gasteiger partial charge in [0, 0.05) is 5.92 Å². The highest BCUT2D eigenvalue weighted by atomic mass is 32.1. The number of nitrogens with one attached hydrogen (secondary N) is 1. The normalized spacial score (nSPS) is 22.8. The number of carbonyl (C=O) groups excluding carboxylic acids is 2. The topological polar surface area (TPSA) is 55.4 Å². The van der Waals surface area contributed by atoms with Crippen molar-refractivity contribution in [1.29, 1.82) is 0 Å². The third-order valence-electron chi connectivity index (χ3n) is 3.69. The quantitative estimate of drug-likeness (QED) is 0.865. The number of rotatable bonds is 3. The fourth-order valence-electron chi connectivity index (χ4n) is 2.41. The second-order valence-corrected chi connectivity index (χ2v) is 6.02. The van der Waals surface area contributed by atoms with Crippen molar-refractivity contribution in [2.24, 2.45) is 11.8 Å². The van der Waals surface area contributed by atoms with Gasteiger partial charge in [-0.25, -0.2) is 4.79 Å². The Morgan fingerprint density at radius 1 is 1.32 bits per heavy atom. The fourth-order valence-corrected chi connectivity index (χ4v) is 3.19. The van der Waals surface area contributed by atoms with Gasteiger partial charge in [0.15, 0.2) is 0 Å². The van der Waals surface area contributed by atoms with Crippen LogP contribution in [-0.2, 0) is 9.53 Å². The third-order valence-corrected chi connectivity index (χ3v) is 4.52. The van der Waals surface area contributed by atoms with Gasteiger partial charge < -0.3 is 10.1 Å². The molecular formula is C14H19NO3S. The monoisotopic (exact) mass is 281 g/mol. The van der Waals surface area contributed by atoms with E-state index in [9.17, 15) is 9.59 Å². The van der Waals surface area contributed by atoms with Gasteiger partial charge in [-0.3, -0.25) is 4.79 Å². The lowest BCUT2D eigenvalue weighted by Crippen LogP contribution is -2.26. The molecule has 0 unspecified atom stereocenters. The summed E-state index contributed by atoms with van der Waals surface area (Å²) < 4.78 is 4.69. The summed E-state index contributed by atoms with van der Waals surface area (Å²) >= 11 is 1.35. The molecule has 0 spiro atoms. The molecule has 104 valence electrons. The molecule has 1 aromatic rings. The number of thiophene rings is 1. The summed E-state index contributed by atoms with van der Waals surface area (Å²) in [5, 5.41) is 5.24. The maximum atomic E-state index is 12.2. The van der Waals surface area contributed by atoms with Gasteiger partial charge in [-0.2, -0.15) is 0 Å². The summed E-state index contributed by atoms with van der Waals surface area (Å²) in [5.74, 6) is 0.411. The Balaban J connectivity index is 1.99. The summed E-state index contributed by atoms with van der Waals surface area (Å²) in [4.78, 5) is 23.7. The highest BCUT2D eigenvalue weighted by Crippen LogP contribution is 2.30. The van der Waals surface area contributed by atoms with E-state index in [4.69, 9.17) is 4.74 Å². The van der Waals surface area contributed by atoms with Crippen LogP contribution in [0.25, 0.3) is 0 Å². The van der Waals surface area contributed by atoms with Crippen LogP contribution in [0.4, 0.5) is 5.00 Å². The number of ether oxygens (including phenoxy) is 1. The molecule has 2 rings (SSSR count). The van der Waals surface area contributed by atoms with E-state index in [0.717, 1.165) is 31.6 Å². The molecule has 1 heterocycles. The van der Waals surface area contributed by atoms with E-state index >= 15 is 0 Å². The molecule has 0 saturated heterocycles. The Morgan fingerprint density at radius 3 is 2.63 bits per heavy atom. The second-order valence-electron chi connectivity index (χ2n) is 5.10. The Hall–Kier alpha value is -1.36. The molecule has 5 heteroatoms. The van der Waals surface area contributed by atoms with Gasteiger partial charge in [-0.15, -0.1) is 11.3 Å². The molecule has 0 aromatic carbocycles. The molecule has 19 heavy (non-hydrogen) atoms. The van der Waals surface area contributed by atoms with E-state index in [1.165, 1.54) is 18.4 Å². The van der Waals surface area contributed by atoms with E-state index in [0.29, 0.717) is 10.6 Å². The Labute approximate surface area is 117 Å². The lowest BCUT2D eigenvalue weighted by Gasteiger charge is -2.25. The van der Waals surface area contributed by atoms with Crippen molar-refractivity contribution >= 4 is 28.2 Å². The lowest BCUT2D eigenvalue weighted by molar-refractivity contribution is -0.120. The number of carbonyl (C=O) groups is 2. The molecule has 1 aliphatic carbocycles. The first-order valence-corrected chi connectivity index (χ1v) is 7.46. The molecule has 1 aromatic heterocycles. The zero-order valence-electron chi connectivity index (χ0n) is 11.3. The van der Waals surface area contributed by atoms with E-state index in [1.54, 1.807) is 11.4 Å². The van der Waals surface area contributed by atoms with Gasteiger partial charge in [-0.05, 0) is 43.0 Å². The summed E-state index contributed by atoms with van der Waals surface area (Å²) in [5.41, 5.74) is 0.435. The molecule has 1 saturated carbocycles. The van der Waals surface area contributed by atoms with Crippen LogP contribution in [0.5, 0.6) is 0 Å². The first-order chi connectivity index (χ1) is 9.11. The summed E-state index contributed by atoms with van der Waals surface area (Å²) in [6.45, 7) is 2.22. The maximum absolute atomic E-state index is 12.2. The minimum absolute atomic E-state index is 0.0273. The molecule has 0 aliphatic heterocycles. The van der Waals surface area contributed by atoms with Gasteiger partial charge in [0.25, 0.3) is 0 Å². The van der Waals surface area contributed by atoms with Crippen molar-refractivity contribution in [2.75, 3.05) is 12.4 Å². The number of esters is 1. The average Bonchev–Trinajstić information content (AvgIpc) is 2.86. The van der Waals surface area contributed by atoms with Gasteiger partial charge in [0.1, 0.15) is 5.00 Å². The highest BCUT2D eigenvalue weighted by Gasteiger charge is 2.25. The highest BCUT2D eigenvalue weighted by molar-refractivity contribution is 7.14. The van der Waals surface area contributed by atoms with Gasteiger partial charge in [0.2, 0.25) is 5.91 Å². The Kier molecular flexibility index (Phi) is 4.58. The third kappa shape index (κ3) is 3.35. The van der Waals surface area contributed by atoms with E-state index in [2.05, 4.69) is 12.2 Å². The molecular weight excluding hydrogens is 262 g/mol. The average molecular weight is 281 g/mol. The molecule has 4 nitrogen and oxygen atoms in total. The summed E-state index contributed by atoms with van der Waals surface area (Å²) in [6, 6.07) is 1.68. The van der Waals surface area contributed by atoms with E-state index in [1.807, 2.05) is 0 Å². The lowest BCUT2D eigenvalue weighted by atomic mass is 9.82. The van der Waals surface area contributed by atoms with Crippen LogP contribution in [0.3, 0.4) is 0 Å². The van der Waals surface area contributed by atoms with Crippen LogP contribution < -0.4 is 5.32 Å². The van der Waals surface area contributed by atoms with E-state index in [-0.39, 0.29) is 11.8 Å². The van der Waals surface area contributed by atoms with Gasteiger partial charge in [0.05, 0.1) is 12.7 Å². The summed E-state index contributed by atoms with van der Waals surface area (Å²) in [6.07, 6.45) is 4.08.